The van der Waals surface area contributed by atoms with Gasteiger partial charge in [0.2, 0.25) is 11.8 Å². The lowest BCUT2D eigenvalue weighted by atomic mass is 9.55. The van der Waals surface area contributed by atoms with E-state index in [1.165, 1.54) is 4.90 Å². The standard InChI is InChI=1S/C35H23NO4/c37-33-31-29-25-12-3-4-13-26(25)30(28-15-6-5-14-27(28)29)32(31)34(38)36(33)23-11-7-10-22(18-23)35(39)40-24-17-16-20-8-1-2-9-21(20)19-24/h1-19,29-32H/t29?,30?,31-,32+. The molecule has 0 saturated carbocycles. The second-order valence-electron chi connectivity index (χ2n) is 10.7. The fraction of sp³-hybridized carbons (Fsp3) is 0.114. The highest BCUT2D eigenvalue weighted by Crippen LogP contribution is 2.61. The number of carbonyl (C=O) groups excluding carboxylic acids is 3. The Morgan fingerprint density at radius 2 is 1.12 bits per heavy atom. The number of nitrogens with zero attached hydrogens (tertiary/aromatic N) is 1. The van der Waals surface area contributed by atoms with Gasteiger partial charge in [-0.25, -0.2) is 9.69 Å². The lowest BCUT2D eigenvalue weighted by Gasteiger charge is -2.45. The fourth-order valence-electron chi connectivity index (χ4n) is 7.10. The van der Waals surface area contributed by atoms with Gasteiger partial charge in [0.15, 0.2) is 0 Å². The van der Waals surface area contributed by atoms with E-state index in [9.17, 15) is 14.4 Å². The maximum atomic E-state index is 14.0. The Hall–Kier alpha value is -5.03. The molecule has 4 aliphatic rings. The monoisotopic (exact) mass is 521 g/mol. The summed E-state index contributed by atoms with van der Waals surface area (Å²) in [6.07, 6.45) is 0. The lowest BCUT2D eigenvalue weighted by Crippen LogP contribution is -2.41. The zero-order valence-corrected chi connectivity index (χ0v) is 21.4. The summed E-state index contributed by atoms with van der Waals surface area (Å²) < 4.78 is 5.68. The third kappa shape index (κ3) is 3.18. The van der Waals surface area contributed by atoms with Crippen LogP contribution in [0.3, 0.4) is 0 Å². The van der Waals surface area contributed by atoms with Crippen molar-refractivity contribution in [3.8, 4) is 5.75 Å². The number of benzene rings is 5. The molecule has 0 spiro atoms. The van der Waals surface area contributed by atoms with E-state index < -0.39 is 17.8 Å². The van der Waals surface area contributed by atoms with Crippen LogP contribution in [0.15, 0.2) is 115 Å². The quantitative estimate of drug-likeness (QED) is 0.155. The molecule has 3 aliphatic carbocycles. The summed E-state index contributed by atoms with van der Waals surface area (Å²) in [5.41, 5.74) is 5.18. The fourth-order valence-corrected chi connectivity index (χ4v) is 7.10. The summed E-state index contributed by atoms with van der Waals surface area (Å²) in [7, 11) is 0. The molecule has 1 fully saturated rings. The van der Waals surface area contributed by atoms with Crippen molar-refractivity contribution in [3.63, 3.8) is 0 Å². The van der Waals surface area contributed by atoms with Crippen LogP contribution in [0.1, 0.15) is 44.4 Å². The van der Waals surface area contributed by atoms with Crippen molar-refractivity contribution in [2.75, 3.05) is 4.90 Å². The van der Waals surface area contributed by atoms with Crippen molar-refractivity contribution in [2.24, 2.45) is 11.8 Å². The Morgan fingerprint density at radius 3 is 1.73 bits per heavy atom. The van der Waals surface area contributed by atoms with E-state index in [0.717, 1.165) is 33.0 Å². The van der Waals surface area contributed by atoms with E-state index >= 15 is 0 Å². The van der Waals surface area contributed by atoms with Gasteiger partial charge in [0.05, 0.1) is 23.1 Å². The first kappa shape index (κ1) is 22.9. The van der Waals surface area contributed by atoms with Crippen LogP contribution in [0.5, 0.6) is 5.75 Å². The molecule has 2 atom stereocenters. The van der Waals surface area contributed by atoms with E-state index in [2.05, 4.69) is 24.3 Å². The topological polar surface area (TPSA) is 63.7 Å². The van der Waals surface area contributed by atoms with E-state index in [1.807, 2.05) is 60.7 Å². The molecule has 0 N–H and O–H groups in total. The number of amides is 2. The number of esters is 1. The highest BCUT2D eigenvalue weighted by molar-refractivity contribution is 6.23. The maximum Gasteiger partial charge on any atom is 0.343 e. The average molecular weight is 522 g/mol. The Labute approximate surface area is 230 Å². The lowest BCUT2D eigenvalue weighted by molar-refractivity contribution is -0.122. The van der Waals surface area contributed by atoms with Crippen LogP contribution in [0.4, 0.5) is 5.69 Å². The molecule has 40 heavy (non-hydrogen) atoms. The van der Waals surface area contributed by atoms with Crippen molar-refractivity contribution in [3.05, 3.63) is 143 Å². The highest BCUT2D eigenvalue weighted by atomic mass is 16.5. The number of imide groups is 1. The highest BCUT2D eigenvalue weighted by Gasteiger charge is 2.61. The number of ether oxygens (including phenoxy) is 1. The SMILES string of the molecule is O=C(Oc1ccc2ccccc2c1)c1cccc(N2C(=O)[C@@H]3C4c5ccccc5C(c5ccccc54)[C@@H]3C2=O)c1. The van der Waals surface area contributed by atoms with Crippen LogP contribution in [0.2, 0.25) is 0 Å². The molecule has 1 saturated heterocycles. The number of hydrogen-bond acceptors (Lipinski definition) is 4. The Bertz CT molecular complexity index is 1780. The molecule has 1 heterocycles. The molecule has 0 aromatic heterocycles. The van der Waals surface area contributed by atoms with Gasteiger partial charge in [0.1, 0.15) is 5.75 Å². The van der Waals surface area contributed by atoms with Crippen LogP contribution in [0, 0.1) is 11.8 Å². The van der Waals surface area contributed by atoms with Crippen LogP contribution in [-0.4, -0.2) is 17.8 Å². The van der Waals surface area contributed by atoms with Gasteiger partial charge in [-0.1, -0.05) is 84.9 Å². The van der Waals surface area contributed by atoms with Gasteiger partial charge in [-0.3, -0.25) is 9.59 Å². The minimum atomic E-state index is -0.548. The summed E-state index contributed by atoms with van der Waals surface area (Å²) in [6, 6.07) is 36.3. The summed E-state index contributed by atoms with van der Waals surface area (Å²) in [5.74, 6) is -1.85. The summed E-state index contributed by atoms with van der Waals surface area (Å²) >= 11 is 0. The Kier molecular flexibility index (Phi) is 4.86. The Balaban J connectivity index is 1.14. The van der Waals surface area contributed by atoms with Crippen molar-refractivity contribution >= 4 is 34.2 Å². The van der Waals surface area contributed by atoms with Crippen molar-refractivity contribution in [1.29, 1.82) is 0 Å². The minimum absolute atomic E-state index is 0.176. The molecule has 5 nitrogen and oxygen atoms in total. The molecular weight excluding hydrogens is 498 g/mol. The van der Waals surface area contributed by atoms with Gasteiger partial charge >= 0.3 is 5.97 Å². The number of anilines is 1. The van der Waals surface area contributed by atoms with E-state index in [4.69, 9.17) is 4.74 Å². The van der Waals surface area contributed by atoms with E-state index in [-0.39, 0.29) is 29.2 Å². The zero-order valence-electron chi connectivity index (χ0n) is 21.4. The molecule has 5 aromatic rings. The van der Waals surface area contributed by atoms with Crippen molar-refractivity contribution in [2.45, 2.75) is 11.8 Å². The normalized spacial score (nSPS) is 22.1. The largest absolute Gasteiger partial charge is 0.423 e. The number of hydrogen-bond donors (Lipinski definition) is 0. The summed E-state index contributed by atoms with van der Waals surface area (Å²) in [4.78, 5) is 42.5. The molecule has 9 rings (SSSR count). The zero-order chi connectivity index (χ0) is 27.0. The third-order valence-electron chi connectivity index (χ3n) is 8.72. The van der Waals surface area contributed by atoms with E-state index in [0.29, 0.717) is 11.4 Å². The van der Waals surface area contributed by atoms with E-state index in [1.54, 1.807) is 30.3 Å². The molecule has 2 bridgehead atoms. The second kappa shape index (κ2) is 8.48. The predicted molar refractivity (Wildman–Crippen MR) is 151 cm³/mol. The number of rotatable bonds is 3. The minimum Gasteiger partial charge on any atom is -0.423 e. The smallest absolute Gasteiger partial charge is 0.343 e. The molecule has 192 valence electrons. The first-order valence-corrected chi connectivity index (χ1v) is 13.5. The van der Waals surface area contributed by atoms with Gasteiger partial charge in [-0.2, -0.15) is 0 Å². The summed E-state index contributed by atoms with van der Waals surface area (Å²) in [5, 5.41) is 2.02. The molecular formula is C35H23NO4. The first-order valence-electron chi connectivity index (χ1n) is 13.5. The van der Waals surface area contributed by atoms with Crippen LogP contribution < -0.4 is 9.64 Å². The first-order chi connectivity index (χ1) is 19.6. The number of carbonyl (C=O) groups is 3. The maximum absolute atomic E-state index is 14.0. The van der Waals surface area contributed by atoms with Crippen LogP contribution in [0.25, 0.3) is 10.8 Å². The van der Waals surface area contributed by atoms with Gasteiger partial charge in [-0.05, 0) is 63.4 Å². The van der Waals surface area contributed by atoms with Crippen LogP contribution in [-0.2, 0) is 9.59 Å². The van der Waals surface area contributed by atoms with Gasteiger partial charge in [-0.15, -0.1) is 0 Å². The van der Waals surface area contributed by atoms with Gasteiger partial charge in [0.25, 0.3) is 0 Å². The van der Waals surface area contributed by atoms with Gasteiger partial charge < -0.3 is 4.74 Å². The molecule has 5 aromatic carbocycles. The molecule has 5 heteroatoms. The number of fused-ring (bicyclic) bond motifs is 1. The third-order valence-corrected chi connectivity index (χ3v) is 8.72. The summed E-state index contributed by atoms with van der Waals surface area (Å²) in [6.45, 7) is 0. The molecule has 2 amide bonds. The average Bonchev–Trinajstić information content (AvgIpc) is 3.27. The van der Waals surface area contributed by atoms with Crippen molar-refractivity contribution < 1.29 is 19.1 Å². The Morgan fingerprint density at radius 1 is 0.575 bits per heavy atom. The molecule has 1 aliphatic heterocycles. The molecule has 0 radical (unpaired) electrons. The molecule has 0 unspecified atom stereocenters. The predicted octanol–water partition coefficient (Wildman–Crippen LogP) is 6.46. The van der Waals surface area contributed by atoms with Gasteiger partial charge in [0, 0.05) is 11.8 Å². The second-order valence-corrected chi connectivity index (χ2v) is 10.7. The van der Waals surface area contributed by atoms with Crippen LogP contribution >= 0.6 is 0 Å². The van der Waals surface area contributed by atoms with Crippen molar-refractivity contribution in [1.82, 2.24) is 0 Å².